The van der Waals surface area contributed by atoms with Crippen LogP contribution < -0.4 is 9.64 Å². The lowest BCUT2D eigenvalue weighted by Gasteiger charge is -2.30. The molecule has 0 N–H and O–H groups in total. The minimum atomic E-state index is -0.543. The van der Waals surface area contributed by atoms with Crippen LogP contribution in [0, 0.1) is 5.82 Å². The summed E-state index contributed by atoms with van der Waals surface area (Å²) in [5.74, 6) is 0.328. The van der Waals surface area contributed by atoms with Crippen molar-refractivity contribution in [1.82, 2.24) is 4.90 Å². The molecule has 0 fully saturated rings. The number of hydrogen-bond donors (Lipinski definition) is 0. The maximum Gasteiger partial charge on any atom is 0.414 e. The van der Waals surface area contributed by atoms with E-state index in [-0.39, 0.29) is 18.5 Å². The van der Waals surface area contributed by atoms with Gasteiger partial charge in [-0.3, -0.25) is 4.90 Å². The van der Waals surface area contributed by atoms with Crippen LogP contribution in [0.2, 0.25) is 0 Å². The Balaban J connectivity index is 1.42. The highest BCUT2D eigenvalue weighted by atomic mass is 19.1. The molecule has 0 saturated carbocycles. The van der Waals surface area contributed by atoms with E-state index in [0.717, 1.165) is 16.7 Å². The van der Waals surface area contributed by atoms with E-state index in [0.29, 0.717) is 56.9 Å². The molecular weight excluding hydrogens is 439 g/mol. The van der Waals surface area contributed by atoms with Crippen LogP contribution in [0.15, 0.2) is 36.4 Å². The minimum Gasteiger partial charge on any atom is -0.490 e. The van der Waals surface area contributed by atoms with E-state index in [1.54, 1.807) is 21.9 Å². The van der Waals surface area contributed by atoms with Crippen LogP contribution in [-0.4, -0.2) is 55.5 Å². The van der Waals surface area contributed by atoms with Gasteiger partial charge < -0.3 is 19.1 Å². The quantitative estimate of drug-likeness (QED) is 0.648. The maximum absolute atomic E-state index is 13.4. The second kappa shape index (κ2) is 9.91. The SMILES string of the molecule is CC(C)(C)OC(=O)N1CCc2cc3c(cc2CC1)N(C(=O)OCCc1cccc(F)c1)CCO3. The van der Waals surface area contributed by atoms with Gasteiger partial charge in [0.15, 0.2) is 0 Å². The third-order valence-corrected chi connectivity index (χ3v) is 5.82. The predicted octanol–water partition coefficient (Wildman–Crippen LogP) is 4.74. The molecule has 34 heavy (non-hydrogen) atoms. The summed E-state index contributed by atoms with van der Waals surface area (Å²) in [5.41, 5.74) is 3.08. The number of rotatable bonds is 3. The van der Waals surface area contributed by atoms with Crippen LogP contribution in [0.1, 0.15) is 37.5 Å². The van der Waals surface area contributed by atoms with Crippen LogP contribution in [0.3, 0.4) is 0 Å². The van der Waals surface area contributed by atoms with Crippen molar-refractivity contribution in [3.63, 3.8) is 0 Å². The van der Waals surface area contributed by atoms with Gasteiger partial charge in [-0.05, 0) is 74.6 Å². The van der Waals surface area contributed by atoms with E-state index in [4.69, 9.17) is 14.2 Å². The lowest BCUT2D eigenvalue weighted by atomic mass is 10.0. The molecule has 2 aliphatic rings. The Bertz CT molecular complexity index is 1070. The molecule has 2 amide bonds. The van der Waals surface area contributed by atoms with Crippen molar-refractivity contribution in [2.75, 3.05) is 37.7 Å². The van der Waals surface area contributed by atoms with Crippen LogP contribution in [-0.2, 0) is 28.7 Å². The van der Waals surface area contributed by atoms with Gasteiger partial charge in [-0.1, -0.05) is 12.1 Å². The van der Waals surface area contributed by atoms with E-state index >= 15 is 0 Å². The number of nitrogens with zero attached hydrogens (tertiary/aromatic N) is 2. The molecule has 182 valence electrons. The first kappa shape index (κ1) is 23.9. The predicted molar refractivity (Wildman–Crippen MR) is 126 cm³/mol. The lowest BCUT2D eigenvalue weighted by molar-refractivity contribution is 0.0258. The van der Waals surface area contributed by atoms with Crippen LogP contribution in [0.4, 0.5) is 19.7 Å². The molecule has 0 atom stereocenters. The Kier molecular flexibility index (Phi) is 6.95. The number of fused-ring (bicyclic) bond motifs is 2. The van der Waals surface area contributed by atoms with Crippen molar-refractivity contribution in [3.05, 3.63) is 58.9 Å². The average molecular weight is 471 g/mol. The summed E-state index contributed by atoms with van der Waals surface area (Å²) in [6.45, 7) is 7.58. The zero-order chi connectivity index (χ0) is 24.3. The molecule has 0 spiro atoms. The van der Waals surface area contributed by atoms with Crippen molar-refractivity contribution in [3.8, 4) is 5.75 Å². The zero-order valence-corrected chi connectivity index (χ0v) is 19.9. The molecule has 8 heteroatoms. The van der Waals surface area contributed by atoms with Gasteiger partial charge >= 0.3 is 12.2 Å². The summed E-state index contributed by atoms with van der Waals surface area (Å²) in [6.07, 6.45) is 1.01. The number of halogens is 1. The largest absolute Gasteiger partial charge is 0.490 e. The van der Waals surface area contributed by atoms with Gasteiger partial charge in [0.1, 0.15) is 23.8 Å². The molecule has 0 bridgehead atoms. The first-order valence-electron chi connectivity index (χ1n) is 11.6. The molecule has 2 aromatic rings. The number of hydrogen-bond acceptors (Lipinski definition) is 5. The van der Waals surface area contributed by atoms with E-state index < -0.39 is 11.7 Å². The van der Waals surface area contributed by atoms with Gasteiger partial charge in [0.2, 0.25) is 0 Å². The minimum absolute atomic E-state index is 0.158. The van der Waals surface area contributed by atoms with Crippen molar-refractivity contribution >= 4 is 17.9 Å². The fourth-order valence-electron chi connectivity index (χ4n) is 4.16. The first-order chi connectivity index (χ1) is 16.2. The molecule has 0 aromatic heterocycles. The molecule has 0 aliphatic carbocycles. The Morgan fingerprint density at radius 3 is 2.47 bits per heavy atom. The molecule has 0 unspecified atom stereocenters. The third kappa shape index (κ3) is 5.79. The molecule has 2 aliphatic heterocycles. The van der Waals surface area contributed by atoms with Gasteiger partial charge in [-0.25, -0.2) is 14.0 Å². The summed E-state index contributed by atoms with van der Waals surface area (Å²) < 4.78 is 30.2. The Labute approximate surface area is 199 Å². The van der Waals surface area contributed by atoms with Crippen molar-refractivity contribution < 1.29 is 28.2 Å². The summed E-state index contributed by atoms with van der Waals surface area (Å²) in [4.78, 5) is 28.7. The molecule has 4 rings (SSSR count). The molecule has 7 nitrogen and oxygen atoms in total. The monoisotopic (exact) mass is 470 g/mol. The van der Waals surface area contributed by atoms with E-state index in [2.05, 4.69) is 0 Å². The highest BCUT2D eigenvalue weighted by Crippen LogP contribution is 2.36. The third-order valence-electron chi connectivity index (χ3n) is 5.82. The van der Waals surface area contributed by atoms with Crippen molar-refractivity contribution in [1.29, 1.82) is 0 Å². The molecule has 0 saturated heterocycles. The summed E-state index contributed by atoms with van der Waals surface area (Å²) >= 11 is 0. The molecule has 2 aromatic carbocycles. The zero-order valence-electron chi connectivity index (χ0n) is 19.9. The van der Waals surface area contributed by atoms with Gasteiger partial charge in [-0.15, -0.1) is 0 Å². The molecule has 2 heterocycles. The number of benzene rings is 2. The van der Waals surface area contributed by atoms with Gasteiger partial charge in [0.05, 0.1) is 18.8 Å². The fraction of sp³-hybridized carbons (Fsp3) is 0.462. The standard InChI is InChI=1S/C26H31FN2O5/c1-26(2,3)34-24(30)28-10-7-19-16-22-23(17-20(19)8-11-28)32-14-12-29(22)25(31)33-13-9-18-5-4-6-21(27)15-18/h4-6,15-17H,7-14H2,1-3H3. The number of carbonyl (C=O) groups excluding carboxylic acids is 2. The second-order valence-corrected chi connectivity index (χ2v) is 9.55. The average Bonchev–Trinajstić information content (AvgIpc) is 2.98. The number of amides is 2. The first-order valence-corrected chi connectivity index (χ1v) is 11.6. The highest BCUT2D eigenvalue weighted by Gasteiger charge is 2.29. The molecule has 0 radical (unpaired) electrons. The smallest absolute Gasteiger partial charge is 0.414 e. The fourth-order valence-corrected chi connectivity index (χ4v) is 4.16. The van der Waals surface area contributed by atoms with Crippen molar-refractivity contribution in [2.45, 2.75) is 45.6 Å². The van der Waals surface area contributed by atoms with E-state index in [1.165, 1.54) is 12.1 Å². The molecular formula is C26H31FN2O5. The summed E-state index contributed by atoms with van der Waals surface area (Å²) in [6, 6.07) is 10.2. The number of ether oxygens (including phenoxy) is 3. The maximum atomic E-state index is 13.4. The Morgan fingerprint density at radius 2 is 1.76 bits per heavy atom. The Morgan fingerprint density at radius 1 is 1.03 bits per heavy atom. The Hall–Kier alpha value is -3.29. The van der Waals surface area contributed by atoms with Crippen LogP contribution >= 0.6 is 0 Å². The second-order valence-electron chi connectivity index (χ2n) is 9.55. The highest BCUT2D eigenvalue weighted by molar-refractivity contribution is 5.90. The lowest BCUT2D eigenvalue weighted by Crippen LogP contribution is -2.38. The van der Waals surface area contributed by atoms with Crippen LogP contribution in [0.5, 0.6) is 5.75 Å². The van der Waals surface area contributed by atoms with Gasteiger partial charge in [0, 0.05) is 19.5 Å². The van der Waals surface area contributed by atoms with Crippen molar-refractivity contribution in [2.24, 2.45) is 0 Å². The number of anilines is 1. The van der Waals surface area contributed by atoms with Gasteiger partial charge in [-0.2, -0.15) is 0 Å². The normalized spacial score (nSPS) is 15.5. The van der Waals surface area contributed by atoms with Crippen LogP contribution in [0.25, 0.3) is 0 Å². The summed E-state index contributed by atoms with van der Waals surface area (Å²) in [5, 5.41) is 0. The van der Waals surface area contributed by atoms with Gasteiger partial charge in [0.25, 0.3) is 0 Å². The summed E-state index contributed by atoms with van der Waals surface area (Å²) in [7, 11) is 0. The number of carbonyl (C=O) groups is 2. The van der Waals surface area contributed by atoms with E-state index in [9.17, 15) is 14.0 Å². The van der Waals surface area contributed by atoms with E-state index in [1.807, 2.05) is 32.9 Å². The topological polar surface area (TPSA) is 68.3 Å².